The van der Waals surface area contributed by atoms with Crippen molar-refractivity contribution in [3.05, 3.63) is 52.1 Å². The molecule has 8 nitrogen and oxygen atoms in total. The minimum Gasteiger partial charge on any atom is -0.483 e. The molecule has 2 heterocycles. The van der Waals surface area contributed by atoms with Crippen LogP contribution in [-0.2, 0) is 0 Å². The number of ether oxygens (including phenoxy) is 1. The Morgan fingerprint density at radius 3 is 2.81 bits per heavy atom. The van der Waals surface area contributed by atoms with Crippen molar-refractivity contribution >= 4 is 34.2 Å². The summed E-state index contributed by atoms with van der Waals surface area (Å²) in [7, 11) is 5.71. The van der Waals surface area contributed by atoms with Gasteiger partial charge in [-0.25, -0.2) is 4.98 Å². The highest BCUT2D eigenvalue weighted by atomic mass is 32.1. The van der Waals surface area contributed by atoms with Gasteiger partial charge in [0.25, 0.3) is 0 Å². The molecule has 0 aliphatic heterocycles. The molecule has 0 saturated heterocycles. The van der Waals surface area contributed by atoms with Crippen LogP contribution in [0.1, 0.15) is 35.7 Å². The molecule has 0 aliphatic rings. The van der Waals surface area contributed by atoms with Crippen molar-refractivity contribution in [1.29, 1.82) is 0 Å². The molecule has 1 aromatic carbocycles. The number of thiazole rings is 1. The van der Waals surface area contributed by atoms with E-state index >= 15 is 0 Å². The zero-order valence-corrected chi connectivity index (χ0v) is 19.4. The van der Waals surface area contributed by atoms with Crippen molar-refractivity contribution in [3.63, 3.8) is 0 Å². The summed E-state index contributed by atoms with van der Waals surface area (Å²) < 4.78 is 6.27. The monoisotopic (exact) mass is 439 g/mol. The molecule has 0 aliphatic carbocycles. The summed E-state index contributed by atoms with van der Waals surface area (Å²) in [5.74, 6) is 1.37. The fourth-order valence-corrected chi connectivity index (χ4v) is 3.96. The highest BCUT2D eigenvalue weighted by molar-refractivity contribution is 7.09. The van der Waals surface area contributed by atoms with Gasteiger partial charge in [0.2, 0.25) is 0 Å². The lowest BCUT2D eigenvalue weighted by atomic mass is 10.1. The third-order valence-corrected chi connectivity index (χ3v) is 5.60. The number of aromatic nitrogens is 3. The van der Waals surface area contributed by atoms with E-state index in [0.717, 1.165) is 46.4 Å². The number of aryl methyl sites for hydroxylation is 1. The van der Waals surface area contributed by atoms with Gasteiger partial charge in [-0.3, -0.25) is 4.99 Å². The highest BCUT2D eigenvalue weighted by Crippen LogP contribution is 2.30. The molecule has 1 unspecified atom stereocenters. The van der Waals surface area contributed by atoms with Gasteiger partial charge in [0, 0.05) is 49.4 Å². The Hall–Kier alpha value is -3.04. The summed E-state index contributed by atoms with van der Waals surface area (Å²) >= 11 is 1.60. The summed E-state index contributed by atoms with van der Waals surface area (Å²) in [4.78, 5) is 11.1. The van der Waals surface area contributed by atoms with Crippen LogP contribution < -0.4 is 20.7 Å². The van der Waals surface area contributed by atoms with Crippen LogP contribution in [0.3, 0.4) is 0 Å². The van der Waals surface area contributed by atoms with Crippen molar-refractivity contribution < 1.29 is 4.74 Å². The van der Waals surface area contributed by atoms with Gasteiger partial charge < -0.3 is 20.7 Å². The highest BCUT2D eigenvalue weighted by Gasteiger charge is 2.17. The molecule has 0 fully saturated rings. The second-order valence-electron chi connectivity index (χ2n) is 7.36. The van der Waals surface area contributed by atoms with Crippen LogP contribution in [-0.4, -0.2) is 48.6 Å². The number of hydrogen-bond acceptors (Lipinski definition) is 9. The Morgan fingerprint density at radius 1 is 1.32 bits per heavy atom. The van der Waals surface area contributed by atoms with Crippen molar-refractivity contribution in [3.8, 4) is 5.75 Å². The lowest BCUT2D eigenvalue weighted by molar-refractivity contribution is 0.194. The summed E-state index contributed by atoms with van der Waals surface area (Å²) in [5.41, 5.74) is 10.1. The van der Waals surface area contributed by atoms with E-state index in [1.807, 2.05) is 69.5 Å². The van der Waals surface area contributed by atoms with Crippen LogP contribution in [0.15, 0.2) is 40.8 Å². The van der Waals surface area contributed by atoms with E-state index in [0.29, 0.717) is 11.5 Å². The third-order valence-electron chi connectivity index (χ3n) is 4.73. The minimum absolute atomic E-state index is 0.113. The predicted molar refractivity (Wildman–Crippen MR) is 128 cm³/mol. The second-order valence-corrected chi connectivity index (χ2v) is 8.28. The molecule has 31 heavy (non-hydrogen) atoms. The largest absolute Gasteiger partial charge is 0.483 e. The quantitative estimate of drug-likeness (QED) is 0.490. The first-order valence-corrected chi connectivity index (χ1v) is 10.9. The van der Waals surface area contributed by atoms with Crippen molar-refractivity contribution in [2.75, 3.05) is 38.3 Å². The Labute approximate surface area is 187 Å². The van der Waals surface area contributed by atoms with Gasteiger partial charge in [0.1, 0.15) is 10.8 Å². The molecule has 9 heteroatoms. The van der Waals surface area contributed by atoms with Crippen LogP contribution in [0.4, 0.5) is 17.2 Å². The number of nitrogens with two attached hydrogens (primary N) is 1. The Kier molecular flexibility index (Phi) is 7.54. The van der Waals surface area contributed by atoms with E-state index in [9.17, 15) is 0 Å². The zero-order chi connectivity index (χ0) is 22.4. The number of benzene rings is 1. The van der Waals surface area contributed by atoms with E-state index in [2.05, 4.69) is 20.5 Å². The number of nitrogens with one attached hydrogen (secondary N) is 1. The van der Waals surface area contributed by atoms with Gasteiger partial charge in [-0.05, 0) is 39.6 Å². The summed E-state index contributed by atoms with van der Waals surface area (Å²) in [6, 6.07) is 7.74. The van der Waals surface area contributed by atoms with E-state index in [1.54, 1.807) is 17.5 Å². The van der Waals surface area contributed by atoms with Crippen LogP contribution in [0, 0.1) is 6.92 Å². The number of anilines is 2. The maximum absolute atomic E-state index is 6.37. The van der Waals surface area contributed by atoms with Crippen LogP contribution in [0.25, 0.3) is 0 Å². The molecule has 0 spiro atoms. The summed E-state index contributed by atoms with van der Waals surface area (Å²) in [5, 5.41) is 14.5. The first kappa shape index (κ1) is 22.6. The smallest absolute Gasteiger partial charge is 0.174 e. The average molecular weight is 440 g/mol. The number of aliphatic imine (C=N–C) groups is 1. The van der Waals surface area contributed by atoms with Gasteiger partial charge in [0.15, 0.2) is 11.9 Å². The summed E-state index contributed by atoms with van der Waals surface area (Å²) in [6.45, 7) is 4.65. The number of nitrogens with zero attached hydrogens (tertiary/aromatic N) is 5. The lowest BCUT2D eigenvalue weighted by Gasteiger charge is -2.18. The van der Waals surface area contributed by atoms with E-state index in [4.69, 9.17) is 15.5 Å². The minimum atomic E-state index is -0.113. The fourth-order valence-electron chi connectivity index (χ4n) is 3.26. The van der Waals surface area contributed by atoms with E-state index in [-0.39, 0.29) is 6.10 Å². The zero-order valence-electron chi connectivity index (χ0n) is 18.6. The van der Waals surface area contributed by atoms with Crippen molar-refractivity contribution in [2.45, 2.75) is 26.4 Å². The molecule has 2 aromatic heterocycles. The van der Waals surface area contributed by atoms with Crippen LogP contribution >= 0.6 is 11.3 Å². The van der Waals surface area contributed by atoms with E-state index < -0.39 is 0 Å². The van der Waals surface area contributed by atoms with Crippen LogP contribution in [0.5, 0.6) is 5.75 Å². The molecule has 3 N–H and O–H groups in total. The standard InChI is InChI=1S/C22H29N7OS/c1-14(19-15(2)27-28-21(20(19)23)29(4)5)26-16-7-6-8-17(13-16)30-18(9-10-24-3)22-25-11-12-31-22/h6-8,11-13,18,24H,9-10H2,1-5H3,(H2,23,27). The maximum atomic E-state index is 6.37. The van der Waals surface area contributed by atoms with Crippen LogP contribution in [0.2, 0.25) is 0 Å². The first-order chi connectivity index (χ1) is 14.9. The molecule has 0 amide bonds. The van der Waals surface area contributed by atoms with Crippen molar-refractivity contribution in [1.82, 2.24) is 20.5 Å². The molecule has 0 radical (unpaired) electrons. The van der Waals surface area contributed by atoms with Gasteiger partial charge in [0.05, 0.1) is 17.1 Å². The van der Waals surface area contributed by atoms with Gasteiger partial charge >= 0.3 is 0 Å². The van der Waals surface area contributed by atoms with E-state index in [1.165, 1.54) is 0 Å². The molecule has 3 aromatic rings. The number of hydrogen-bond donors (Lipinski definition) is 2. The SMILES string of the molecule is CNCCC(Oc1cccc(N=C(C)c2c(C)nnc(N(C)C)c2N)c1)c1nccs1. The van der Waals surface area contributed by atoms with Gasteiger partial charge in [-0.15, -0.1) is 16.4 Å². The molecule has 1 atom stereocenters. The first-order valence-electron chi connectivity index (χ1n) is 10.1. The molecule has 164 valence electrons. The third kappa shape index (κ3) is 5.56. The fraction of sp³-hybridized carbons (Fsp3) is 0.364. The Morgan fingerprint density at radius 2 is 2.13 bits per heavy atom. The second kappa shape index (κ2) is 10.3. The topological polar surface area (TPSA) is 102 Å². The number of nitrogen functional groups attached to an aromatic ring is 1. The Bertz CT molecular complexity index is 1030. The predicted octanol–water partition coefficient (Wildman–Crippen LogP) is 3.76. The van der Waals surface area contributed by atoms with Gasteiger partial charge in [-0.1, -0.05) is 6.07 Å². The summed E-state index contributed by atoms with van der Waals surface area (Å²) in [6.07, 6.45) is 2.51. The molecule has 0 bridgehead atoms. The molecule has 0 saturated carbocycles. The number of rotatable bonds is 9. The molecular formula is C22H29N7OS. The Balaban J connectivity index is 1.88. The average Bonchev–Trinajstić information content (AvgIpc) is 3.26. The normalized spacial score (nSPS) is 12.6. The maximum Gasteiger partial charge on any atom is 0.174 e. The van der Waals surface area contributed by atoms with Crippen molar-refractivity contribution in [2.24, 2.45) is 4.99 Å². The van der Waals surface area contributed by atoms with Gasteiger partial charge in [-0.2, -0.15) is 5.10 Å². The molecule has 3 rings (SSSR count). The molecular weight excluding hydrogens is 410 g/mol. The lowest BCUT2D eigenvalue weighted by Crippen LogP contribution is -2.17.